The fourth-order valence-corrected chi connectivity index (χ4v) is 4.53. The number of carboxylic acid groups (broad SMARTS) is 1. The van der Waals surface area contributed by atoms with Gasteiger partial charge in [-0.25, -0.2) is 13.2 Å². The molecule has 0 amide bonds. The summed E-state index contributed by atoms with van der Waals surface area (Å²) >= 11 is 0. The van der Waals surface area contributed by atoms with Crippen LogP contribution in [-0.4, -0.2) is 74.0 Å². The Kier molecular flexibility index (Phi) is 5.78. The zero-order valence-corrected chi connectivity index (χ0v) is 14.4. The minimum atomic E-state index is -2.92. The molecule has 0 aliphatic carbocycles. The number of carbonyl (C=O) groups is 1. The zero-order chi connectivity index (χ0) is 17.0. The van der Waals surface area contributed by atoms with E-state index in [0.717, 1.165) is 18.7 Å². The first-order valence-corrected chi connectivity index (χ1v) is 9.50. The molecule has 1 aromatic carbocycles. The Bertz CT molecular complexity index is 641. The maximum absolute atomic E-state index is 11.8. The maximum Gasteiger partial charge on any atom is 0.335 e. The smallest absolute Gasteiger partial charge is 0.335 e. The van der Waals surface area contributed by atoms with E-state index in [1.165, 1.54) is 0 Å². The summed E-state index contributed by atoms with van der Waals surface area (Å²) in [6.45, 7) is 2.27. The third kappa shape index (κ3) is 5.30. The molecule has 1 aliphatic rings. The van der Waals surface area contributed by atoms with E-state index in [1.54, 1.807) is 24.3 Å². The van der Waals surface area contributed by atoms with Crippen molar-refractivity contribution >= 4 is 15.8 Å². The van der Waals surface area contributed by atoms with Crippen LogP contribution in [0, 0.1) is 0 Å². The Hall–Kier alpha value is -1.44. The van der Waals surface area contributed by atoms with E-state index >= 15 is 0 Å². The maximum atomic E-state index is 11.8. The lowest BCUT2D eigenvalue weighted by molar-refractivity contribution is 0.0697. The van der Waals surface area contributed by atoms with E-state index in [2.05, 4.69) is 9.80 Å². The van der Waals surface area contributed by atoms with Crippen molar-refractivity contribution in [2.75, 3.05) is 38.7 Å². The molecule has 0 spiro atoms. The van der Waals surface area contributed by atoms with Crippen molar-refractivity contribution in [3.63, 3.8) is 0 Å². The third-order valence-corrected chi connectivity index (χ3v) is 5.90. The molecule has 1 heterocycles. The van der Waals surface area contributed by atoms with Gasteiger partial charge >= 0.3 is 5.97 Å². The van der Waals surface area contributed by atoms with Gasteiger partial charge in [-0.1, -0.05) is 12.1 Å². The van der Waals surface area contributed by atoms with Crippen molar-refractivity contribution in [2.45, 2.75) is 19.0 Å². The molecule has 128 valence electrons. The summed E-state index contributed by atoms with van der Waals surface area (Å²) in [4.78, 5) is 15.2. The second kappa shape index (κ2) is 7.42. The molecule has 0 radical (unpaired) electrons. The van der Waals surface area contributed by atoms with Crippen molar-refractivity contribution in [2.24, 2.45) is 0 Å². The third-order valence-electron chi connectivity index (χ3n) is 4.15. The zero-order valence-electron chi connectivity index (χ0n) is 13.6. The quantitative estimate of drug-likeness (QED) is 0.796. The molecular weight excluding hydrogens is 316 g/mol. The number of hydrogen-bond donors (Lipinski definition) is 1. The van der Waals surface area contributed by atoms with Crippen molar-refractivity contribution in [1.29, 1.82) is 0 Å². The highest BCUT2D eigenvalue weighted by atomic mass is 32.2. The van der Waals surface area contributed by atoms with Gasteiger partial charge in [-0.15, -0.1) is 0 Å². The molecule has 6 nitrogen and oxygen atoms in total. The lowest BCUT2D eigenvalue weighted by Gasteiger charge is -2.29. The number of benzene rings is 1. The van der Waals surface area contributed by atoms with E-state index in [9.17, 15) is 13.2 Å². The van der Waals surface area contributed by atoms with Crippen molar-refractivity contribution in [1.82, 2.24) is 9.80 Å². The van der Waals surface area contributed by atoms with Gasteiger partial charge in [-0.05, 0) is 38.2 Å². The molecule has 1 fully saturated rings. The van der Waals surface area contributed by atoms with Crippen LogP contribution in [0.1, 0.15) is 22.3 Å². The largest absolute Gasteiger partial charge is 0.478 e. The lowest BCUT2D eigenvalue weighted by Crippen LogP contribution is -2.40. The molecule has 0 aromatic heterocycles. The van der Waals surface area contributed by atoms with Crippen LogP contribution < -0.4 is 0 Å². The summed E-state index contributed by atoms with van der Waals surface area (Å²) in [6, 6.07) is 6.82. The van der Waals surface area contributed by atoms with Crippen LogP contribution in [0.3, 0.4) is 0 Å². The van der Waals surface area contributed by atoms with Gasteiger partial charge in [0.15, 0.2) is 9.84 Å². The minimum Gasteiger partial charge on any atom is -0.478 e. The molecule has 1 aromatic rings. The second-order valence-corrected chi connectivity index (χ2v) is 8.56. The van der Waals surface area contributed by atoms with Gasteiger partial charge in [0.25, 0.3) is 0 Å². The Balaban J connectivity index is 2.09. The predicted octanol–water partition coefficient (Wildman–Crippen LogP) is 0.935. The SMILES string of the molecule is CN(C)CCN(Cc1ccc(C(=O)O)cc1)C1CCS(=O)(=O)C1. The van der Waals surface area contributed by atoms with Crippen LogP contribution in [0.15, 0.2) is 24.3 Å². The summed E-state index contributed by atoms with van der Waals surface area (Å²) in [7, 11) is 1.06. The molecular formula is C16H24N2O4S. The average molecular weight is 340 g/mol. The van der Waals surface area contributed by atoms with Crippen LogP contribution in [0.4, 0.5) is 0 Å². The summed E-state index contributed by atoms with van der Waals surface area (Å²) < 4.78 is 23.5. The molecule has 23 heavy (non-hydrogen) atoms. The molecule has 1 saturated heterocycles. The minimum absolute atomic E-state index is 0.0408. The first-order chi connectivity index (χ1) is 10.8. The molecule has 2 rings (SSSR count). The number of hydrogen-bond acceptors (Lipinski definition) is 5. The number of sulfone groups is 1. The Morgan fingerprint density at radius 3 is 2.35 bits per heavy atom. The second-order valence-electron chi connectivity index (χ2n) is 6.33. The van der Waals surface area contributed by atoms with Crippen molar-refractivity contribution in [3.05, 3.63) is 35.4 Å². The fourth-order valence-electron chi connectivity index (χ4n) is 2.77. The molecule has 0 bridgehead atoms. The van der Waals surface area contributed by atoms with Gasteiger partial charge < -0.3 is 10.0 Å². The van der Waals surface area contributed by atoms with Crippen molar-refractivity contribution < 1.29 is 18.3 Å². The average Bonchev–Trinajstić information content (AvgIpc) is 2.84. The van der Waals surface area contributed by atoms with Gasteiger partial charge in [0.2, 0.25) is 0 Å². The highest BCUT2D eigenvalue weighted by Crippen LogP contribution is 2.20. The Morgan fingerprint density at radius 2 is 1.87 bits per heavy atom. The Labute approximate surface area is 137 Å². The number of likely N-dealkylation sites (N-methyl/N-ethyl adjacent to an activating group) is 1. The molecule has 1 N–H and O–H groups in total. The molecule has 1 atom stereocenters. The normalized spacial score (nSPS) is 20.3. The van der Waals surface area contributed by atoms with E-state index < -0.39 is 15.8 Å². The monoisotopic (exact) mass is 340 g/mol. The van der Waals surface area contributed by atoms with Gasteiger partial charge in [-0.3, -0.25) is 4.90 Å². The van der Waals surface area contributed by atoms with E-state index in [0.29, 0.717) is 13.0 Å². The van der Waals surface area contributed by atoms with Crippen LogP contribution in [-0.2, 0) is 16.4 Å². The van der Waals surface area contributed by atoms with Crippen LogP contribution in [0.2, 0.25) is 0 Å². The number of aromatic carboxylic acids is 1. The summed E-state index contributed by atoms with van der Waals surface area (Å²) in [5, 5.41) is 8.95. The topological polar surface area (TPSA) is 77.9 Å². The molecule has 1 unspecified atom stereocenters. The van der Waals surface area contributed by atoms with Gasteiger partial charge in [0, 0.05) is 25.7 Å². The van der Waals surface area contributed by atoms with E-state index in [4.69, 9.17) is 5.11 Å². The van der Waals surface area contributed by atoms with E-state index in [-0.39, 0.29) is 23.1 Å². The molecule has 1 aliphatic heterocycles. The fraction of sp³-hybridized carbons (Fsp3) is 0.562. The summed E-state index contributed by atoms with van der Waals surface area (Å²) in [5.74, 6) is -0.468. The summed E-state index contributed by atoms with van der Waals surface area (Å²) in [6.07, 6.45) is 0.670. The van der Waals surface area contributed by atoms with E-state index in [1.807, 2.05) is 14.1 Å². The molecule has 7 heteroatoms. The van der Waals surface area contributed by atoms with Crippen LogP contribution in [0.5, 0.6) is 0 Å². The first-order valence-electron chi connectivity index (χ1n) is 7.68. The molecule has 0 saturated carbocycles. The highest BCUT2D eigenvalue weighted by molar-refractivity contribution is 7.91. The van der Waals surface area contributed by atoms with Gasteiger partial charge in [0.05, 0.1) is 17.1 Å². The van der Waals surface area contributed by atoms with Crippen LogP contribution >= 0.6 is 0 Å². The van der Waals surface area contributed by atoms with Crippen LogP contribution in [0.25, 0.3) is 0 Å². The van der Waals surface area contributed by atoms with Gasteiger partial charge in [-0.2, -0.15) is 0 Å². The van der Waals surface area contributed by atoms with Crippen molar-refractivity contribution in [3.8, 4) is 0 Å². The standard InChI is InChI=1S/C16H24N2O4S/c1-17(2)8-9-18(15-7-10-23(21,22)12-15)11-13-3-5-14(6-4-13)16(19)20/h3-6,15H,7-12H2,1-2H3,(H,19,20). The number of rotatable bonds is 7. The highest BCUT2D eigenvalue weighted by Gasteiger charge is 2.32. The Morgan fingerprint density at radius 1 is 1.22 bits per heavy atom. The lowest BCUT2D eigenvalue weighted by atomic mass is 10.1. The number of nitrogens with zero attached hydrogens (tertiary/aromatic N) is 2. The number of carboxylic acids is 1. The van der Waals surface area contributed by atoms with Gasteiger partial charge in [0.1, 0.15) is 0 Å². The predicted molar refractivity (Wildman–Crippen MR) is 89.4 cm³/mol. The first kappa shape index (κ1) is 17.9. The summed E-state index contributed by atoms with van der Waals surface area (Å²) in [5.41, 5.74) is 1.26.